The molecule has 0 heterocycles. The molecule has 0 saturated carbocycles. The van der Waals surface area contributed by atoms with Gasteiger partial charge in [0.2, 0.25) is 5.91 Å². The van der Waals surface area contributed by atoms with Crippen LogP contribution in [0.15, 0.2) is 24.3 Å². The molecule has 0 rings (SSSR count). The second-order valence-electron chi connectivity index (χ2n) is 19.0. The van der Waals surface area contributed by atoms with E-state index in [-0.39, 0.29) is 24.9 Å². The third kappa shape index (κ3) is 44.9. The second-order valence-corrected chi connectivity index (χ2v) is 19.0. The molecule has 0 aliphatic carbocycles. The number of rotatable bonds is 50. The van der Waals surface area contributed by atoms with Crippen molar-refractivity contribution in [2.75, 3.05) is 6.61 Å². The fourth-order valence-corrected chi connectivity index (χ4v) is 8.61. The maximum absolute atomic E-state index is 13.2. The zero-order chi connectivity index (χ0) is 45.2. The van der Waals surface area contributed by atoms with Gasteiger partial charge in [-0.05, 0) is 44.9 Å². The van der Waals surface area contributed by atoms with Crippen LogP contribution in [0, 0.1) is 0 Å². The van der Waals surface area contributed by atoms with Crippen molar-refractivity contribution in [2.45, 2.75) is 315 Å². The Labute approximate surface area is 386 Å². The summed E-state index contributed by atoms with van der Waals surface area (Å²) in [5, 5.41) is 23.8. The molecule has 0 aliphatic rings. The molecule has 0 aromatic carbocycles. The zero-order valence-electron chi connectivity index (χ0n) is 41.8. The Hall–Kier alpha value is -1.66. The van der Waals surface area contributed by atoms with E-state index in [0.29, 0.717) is 19.3 Å². The summed E-state index contributed by atoms with van der Waals surface area (Å²) in [6.45, 7) is 6.49. The van der Waals surface area contributed by atoms with Gasteiger partial charge >= 0.3 is 5.97 Å². The van der Waals surface area contributed by atoms with E-state index in [0.717, 1.165) is 57.8 Å². The van der Waals surface area contributed by atoms with E-state index < -0.39 is 18.2 Å². The lowest BCUT2D eigenvalue weighted by Crippen LogP contribution is -2.46. The SMILES string of the molecule is CCCCCCCCC/C=C/C=C/CCCC(CC(=O)NC(CO)C(O)CCCCCCCCCCCCCCCCC)OC(=O)CCCCCCCCCCCCCCCC. The maximum Gasteiger partial charge on any atom is 0.306 e. The molecule has 1 amide bonds. The van der Waals surface area contributed by atoms with Crippen LogP contribution in [0.4, 0.5) is 0 Å². The first-order chi connectivity index (χ1) is 30.5. The molecule has 0 spiro atoms. The van der Waals surface area contributed by atoms with Gasteiger partial charge in [0, 0.05) is 6.42 Å². The molecule has 6 nitrogen and oxygen atoms in total. The first-order valence-electron chi connectivity index (χ1n) is 27.6. The standard InChI is InChI=1S/C56H107NO5/c1-4-7-10-13-16-19-22-25-28-30-33-36-39-42-45-48-54(59)53(51-58)57-55(60)50-52(47-44-41-38-35-32-29-26-23-20-17-14-11-8-5-2)62-56(61)49-46-43-40-37-34-31-27-24-21-18-15-12-9-6-3/h29,32,35,38,52-54,58-59H,4-28,30-31,33-34,36-37,39-51H2,1-3H3,(H,57,60)/b32-29+,38-35+. The fraction of sp³-hybridized carbons (Fsp3) is 0.893. The number of esters is 1. The highest BCUT2D eigenvalue weighted by Crippen LogP contribution is 2.18. The van der Waals surface area contributed by atoms with Gasteiger partial charge in [-0.3, -0.25) is 9.59 Å². The van der Waals surface area contributed by atoms with Gasteiger partial charge in [-0.1, -0.05) is 263 Å². The number of hydrogen-bond donors (Lipinski definition) is 3. The van der Waals surface area contributed by atoms with Crippen molar-refractivity contribution in [2.24, 2.45) is 0 Å². The zero-order valence-corrected chi connectivity index (χ0v) is 41.8. The number of hydrogen-bond acceptors (Lipinski definition) is 5. The maximum atomic E-state index is 13.2. The molecular formula is C56H107NO5. The van der Waals surface area contributed by atoms with Gasteiger partial charge in [0.05, 0.1) is 25.2 Å². The van der Waals surface area contributed by atoms with Crippen LogP contribution < -0.4 is 5.32 Å². The van der Waals surface area contributed by atoms with Gasteiger partial charge in [0.25, 0.3) is 0 Å². The van der Waals surface area contributed by atoms with Crippen LogP contribution in [0.1, 0.15) is 297 Å². The molecule has 0 aromatic heterocycles. The summed E-state index contributed by atoms with van der Waals surface area (Å²) in [6, 6.07) is -0.711. The largest absolute Gasteiger partial charge is 0.462 e. The lowest BCUT2D eigenvalue weighted by molar-refractivity contribution is -0.151. The number of ether oxygens (including phenoxy) is 1. The van der Waals surface area contributed by atoms with Crippen molar-refractivity contribution >= 4 is 11.9 Å². The number of aliphatic hydroxyl groups excluding tert-OH is 2. The molecule has 0 saturated heterocycles. The first-order valence-corrected chi connectivity index (χ1v) is 27.6. The number of amides is 1. The summed E-state index contributed by atoms with van der Waals surface area (Å²) < 4.78 is 5.92. The number of unbranched alkanes of at least 4 members (excludes halogenated alkanes) is 35. The Bertz CT molecular complexity index is 981. The van der Waals surface area contributed by atoms with Gasteiger partial charge in [-0.15, -0.1) is 0 Å². The highest BCUT2D eigenvalue weighted by Gasteiger charge is 2.24. The van der Waals surface area contributed by atoms with E-state index in [1.807, 2.05) is 0 Å². The van der Waals surface area contributed by atoms with E-state index in [1.165, 1.54) is 193 Å². The Morgan fingerprint density at radius 3 is 1.23 bits per heavy atom. The minimum absolute atomic E-state index is 0.0503. The van der Waals surface area contributed by atoms with Crippen LogP contribution >= 0.6 is 0 Å². The van der Waals surface area contributed by atoms with Crippen LogP contribution in [-0.2, 0) is 14.3 Å². The Kier molecular flexibility index (Phi) is 49.0. The van der Waals surface area contributed by atoms with Crippen LogP contribution in [0.2, 0.25) is 0 Å². The quantitative estimate of drug-likeness (QED) is 0.0321. The van der Waals surface area contributed by atoms with Gasteiger partial charge in [0.15, 0.2) is 0 Å². The molecule has 3 atom stereocenters. The number of carbonyl (C=O) groups is 2. The van der Waals surface area contributed by atoms with Crippen LogP contribution in [0.3, 0.4) is 0 Å². The summed E-state index contributed by atoms with van der Waals surface area (Å²) >= 11 is 0. The van der Waals surface area contributed by atoms with E-state index >= 15 is 0 Å². The summed E-state index contributed by atoms with van der Waals surface area (Å²) in [7, 11) is 0. The van der Waals surface area contributed by atoms with Gasteiger partial charge in [-0.25, -0.2) is 0 Å². The average molecular weight is 874 g/mol. The molecule has 0 aromatic rings. The lowest BCUT2D eigenvalue weighted by atomic mass is 10.0. The monoisotopic (exact) mass is 874 g/mol. The van der Waals surface area contributed by atoms with Gasteiger partial charge in [-0.2, -0.15) is 0 Å². The molecule has 6 heteroatoms. The lowest BCUT2D eigenvalue weighted by Gasteiger charge is -2.24. The van der Waals surface area contributed by atoms with Crippen LogP contribution in [-0.4, -0.2) is 46.9 Å². The fourth-order valence-electron chi connectivity index (χ4n) is 8.61. The third-order valence-electron chi connectivity index (χ3n) is 12.8. The van der Waals surface area contributed by atoms with E-state index in [1.54, 1.807) is 0 Å². The number of allylic oxidation sites excluding steroid dienone is 4. The molecule has 0 radical (unpaired) electrons. The minimum Gasteiger partial charge on any atom is -0.462 e. The summed E-state index contributed by atoms with van der Waals surface area (Å²) in [5.74, 6) is -0.504. The molecule has 366 valence electrons. The molecule has 0 aliphatic heterocycles. The Balaban J connectivity index is 4.57. The predicted molar refractivity (Wildman–Crippen MR) is 269 cm³/mol. The van der Waals surface area contributed by atoms with Crippen molar-refractivity contribution < 1.29 is 24.5 Å². The van der Waals surface area contributed by atoms with Crippen LogP contribution in [0.5, 0.6) is 0 Å². The molecular weight excluding hydrogens is 767 g/mol. The average Bonchev–Trinajstić information content (AvgIpc) is 3.26. The van der Waals surface area contributed by atoms with Crippen molar-refractivity contribution in [1.82, 2.24) is 5.32 Å². The normalized spacial score (nSPS) is 13.3. The van der Waals surface area contributed by atoms with E-state index in [4.69, 9.17) is 4.74 Å². The Morgan fingerprint density at radius 2 is 0.823 bits per heavy atom. The van der Waals surface area contributed by atoms with Crippen molar-refractivity contribution in [3.63, 3.8) is 0 Å². The second kappa shape index (κ2) is 50.3. The van der Waals surface area contributed by atoms with Crippen molar-refractivity contribution in [1.29, 1.82) is 0 Å². The van der Waals surface area contributed by atoms with Gasteiger partial charge < -0.3 is 20.3 Å². The highest BCUT2D eigenvalue weighted by molar-refractivity contribution is 5.77. The molecule has 62 heavy (non-hydrogen) atoms. The third-order valence-corrected chi connectivity index (χ3v) is 12.8. The van der Waals surface area contributed by atoms with E-state index in [2.05, 4.69) is 50.4 Å². The number of nitrogens with one attached hydrogen (secondary N) is 1. The first kappa shape index (κ1) is 60.3. The van der Waals surface area contributed by atoms with Crippen molar-refractivity contribution in [3.05, 3.63) is 24.3 Å². The van der Waals surface area contributed by atoms with Crippen LogP contribution in [0.25, 0.3) is 0 Å². The van der Waals surface area contributed by atoms with E-state index in [9.17, 15) is 19.8 Å². The van der Waals surface area contributed by atoms with Crippen molar-refractivity contribution in [3.8, 4) is 0 Å². The smallest absolute Gasteiger partial charge is 0.306 e. The predicted octanol–water partition coefficient (Wildman–Crippen LogP) is 16.7. The number of aliphatic hydroxyl groups is 2. The number of carbonyl (C=O) groups excluding carboxylic acids is 2. The molecule has 0 fully saturated rings. The molecule has 0 bridgehead atoms. The summed E-state index contributed by atoms with van der Waals surface area (Å²) in [4.78, 5) is 26.2. The minimum atomic E-state index is -0.795. The molecule has 3 N–H and O–H groups in total. The summed E-state index contributed by atoms with van der Waals surface area (Å²) in [6.07, 6.45) is 58.2. The molecule has 3 unspecified atom stereocenters. The topological polar surface area (TPSA) is 95.9 Å². The highest BCUT2D eigenvalue weighted by atomic mass is 16.5. The van der Waals surface area contributed by atoms with Gasteiger partial charge in [0.1, 0.15) is 6.10 Å². The summed E-state index contributed by atoms with van der Waals surface area (Å²) in [5.41, 5.74) is 0. The Morgan fingerprint density at radius 1 is 0.468 bits per heavy atom.